The van der Waals surface area contributed by atoms with E-state index in [0.29, 0.717) is 0 Å². The molecule has 0 bridgehead atoms. The van der Waals surface area contributed by atoms with Gasteiger partial charge in [0.2, 0.25) is 0 Å². The summed E-state index contributed by atoms with van der Waals surface area (Å²) in [6.45, 7) is 0. The molecule has 0 nitrogen and oxygen atoms in total. The van der Waals surface area contributed by atoms with Crippen molar-refractivity contribution in [2.24, 2.45) is 0 Å². The van der Waals surface area contributed by atoms with Crippen molar-refractivity contribution in [3.05, 3.63) is 121 Å². The first-order valence-electron chi connectivity index (χ1n) is 14.8. The number of hydrogen-bond acceptors (Lipinski definition) is 0. The fourth-order valence-corrected chi connectivity index (χ4v) is 167. The van der Waals surface area contributed by atoms with Crippen molar-refractivity contribution in [2.45, 2.75) is 68.2 Å². The van der Waals surface area contributed by atoms with E-state index in [1.165, 1.54) is 68.2 Å². The second-order valence-electron chi connectivity index (χ2n) is 10.3. The Bertz CT molecular complexity index is 1100. The molecule has 4 heteroatoms. The van der Waals surface area contributed by atoms with E-state index in [1.807, 2.05) is 0 Å². The molecular weight excluding hydrogens is 720 g/mol. The summed E-state index contributed by atoms with van der Waals surface area (Å²) in [6, 6.07) is 48.2. The van der Waals surface area contributed by atoms with E-state index in [-0.39, 0.29) is 0 Å². The summed E-state index contributed by atoms with van der Waals surface area (Å²) in [5, 5.41) is 3.03. The van der Waals surface area contributed by atoms with Gasteiger partial charge in [-0.2, -0.15) is 0 Å². The van der Waals surface area contributed by atoms with Crippen LogP contribution in [0.2, 0.25) is 10.4 Å². The minimum absolute atomic E-state index is 1.26. The molecule has 0 aromatic heterocycles. The Hall–Kier alpha value is -0.886. The van der Waals surface area contributed by atoms with E-state index in [9.17, 15) is 0 Å². The third-order valence-electron chi connectivity index (χ3n) is 7.46. The second-order valence-corrected chi connectivity index (χ2v) is 65.8. The first-order valence-corrected chi connectivity index (χ1v) is 36.8. The molecule has 1 aliphatic heterocycles. The van der Waals surface area contributed by atoms with Gasteiger partial charge in [-0.05, 0) is 0 Å². The Morgan fingerprint density at radius 1 is 0.282 bits per heavy atom. The fourth-order valence-electron chi connectivity index (χ4n) is 5.45. The van der Waals surface area contributed by atoms with Crippen LogP contribution in [0.5, 0.6) is 0 Å². The fraction of sp³-hybridized carbons (Fsp3) is 0.314. The van der Waals surface area contributed by atoms with E-state index >= 15 is 0 Å². The van der Waals surface area contributed by atoms with Gasteiger partial charge < -0.3 is 0 Å². The summed E-state index contributed by atoms with van der Waals surface area (Å²) in [6.07, 6.45) is 13.0. The maximum atomic E-state index is 2.57. The van der Waals surface area contributed by atoms with Gasteiger partial charge in [-0.25, -0.2) is 0 Å². The van der Waals surface area contributed by atoms with Crippen LogP contribution in [0.25, 0.3) is 0 Å². The van der Waals surface area contributed by atoms with Gasteiger partial charge in [0.15, 0.2) is 0 Å². The van der Waals surface area contributed by atoms with Crippen LogP contribution in [0.1, 0.15) is 57.8 Å². The Balaban J connectivity index is 1.68. The zero-order valence-corrected chi connectivity index (χ0v) is 30.6. The van der Waals surface area contributed by atoms with Crippen LogP contribution in [-0.2, 0) is 0 Å². The van der Waals surface area contributed by atoms with Crippen LogP contribution < -0.4 is 17.4 Å². The van der Waals surface area contributed by atoms with Crippen molar-refractivity contribution >= 4 is 63.6 Å². The number of hydrogen-bond donors (Lipinski definition) is 0. The summed E-state index contributed by atoms with van der Waals surface area (Å²) in [5.74, 6) is 0. The molecule has 0 saturated carbocycles. The predicted molar refractivity (Wildman–Crippen MR) is 178 cm³/mol. The van der Waals surface area contributed by atoms with E-state index in [0.717, 1.165) is 0 Å². The predicted octanol–water partition coefficient (Wildman–Crippen LogP) is 6.35. The standard InChI is InChI=1S/C35H42As4/c1-2-4-6-20-30-36(32-22-12-8-13-23-32)38(34-26-16-10-17-27-34)39(35-28-18-11-19-29-35)37(31-21-7-5-3-1)33-24-14-9-15-25-33/h8-19,22-29H,1-7,20-21,30-31H2. The maximum absolute atomic E-state index is 2.57. The molecule has 4 aromatic carbocycles. The molecule has 1 heterocycles. The van der Waals surface area contributed by atoms with Gasteiger partial charge in [-0.1, -0.05) is 0 Å². The third-order valence-corrected chi connectivity index (χ3v) is 116. The number of rotatable bonds is 4. The molecule has 202 valence electrons. The minimum atomic E-state index is -1.33. The Morgan fingerprint density at radius 3 is 0.846 bits per heavy atom. The molecule has 0 radical (unpaired) electrons. The Kier molecular flexibility index (Phi) is 12.5. The number of benzene rings is 4. The van der Waals surface area contributed by atoms with Gasteiger partial charge in [0.05, 0.1) is 0 Å². The van der Waals surface area contributed by atoms with Crippen molar-refractivity contribution in [1.29, 1.82) is 0 Å². The summed E-state index contributed by atoms with van der Waals surface area (Å²) in [7, 11) is -2.67. The SMILES string of the molecule is c1ccc([As]2CCCCCCCCCCC[As](c3ccccc3)[As](c3ccccc3)[As]2c2ccccc2)cc1. The molecule has 1 saturated heterocycles. The van der Waals surface area contributed by atoms with Crippen LogP contribution in [0.3, 0.4) is 0 Å². The quantitative estimate of drug-likeness (QED) is 0.213. The third kappa shape index (κ3) is 8.56. The van der Waals surface area contributed by atoms with Gasteiger partial charge in [0.1, 0.15) is 0 Å². The molecule has 5 rings (SSSR count). The van der Waals surface area contributed by atoms with Crippen LogP contribution in [0.4, 0.5) is 0 Å². The van der Waals surface area contributed by atoms with Crippen LogP contribution in [0.15, 0.2) is 121 Å². The molecule has 1 fully saturated rings. The molecule has 4 aromatic rings. The average molecular weight is 762 g/mol. The van der Waals surface area contributed by atoms with Crippen molar-refractivity contribution in [1.82, 2.24) is 0 Å². The van der Waals surface area contributed by atoms with Gasteiger partial charge in [-0.3, -0.25) is 0 Å². The van der Waals surface area contributed by atoms with Crippen molar-refractivity contribution in [3.8, 4) is 0 Å². The van der Waals surface area contributed by atoms with Crippen LogP contribution >= 0.6 is 0 Å². The van der Waals surface area contributed by atoms with E-state index in [2.05, 4.69) is 121 Å². The van der Waals surface area contributed by atoms with Crippen LogP contribution in [-0.4, -0.2) is 46.2 Å². The molecule has 39 heavy (non-hydrogen) atoms. The molecule has 0 aliphatic carbocycles. The van der Waals surface area contributed by atoms with Gasteiger partial charge in [-0.15, -0.1) is 0 Å². The molecule has 4 atom stereocenters. The monoisotopic (exact) mass is 762 g/mol. The molecule has 0 spiro atoms. The Labute approximate surface area is 250 Å². The van der Waals surface area contributed by atoms with E-state index in [1.54, 1.807) is 17.4 Å². The van der Waals surface area contributed by atoms with Crippen LogP contribution in [0, 0.1) is 0 Å². The van der Waals surface area contributed by atoms with Crippen molar-refractivity contribution < 1.29 is 0 Å². The summed E-state index contributed by atoms with van der Waals surface area (Å²) >= 11 is -2.52. The van der Waals surface area contributed by atoms with Gasteiger partial charge in [0.25, 0.3) is 0 Å². The molecular formula is C35H42As4. The van der Waals surface area contributed by atoms with E-state index < -0.39 is 46.2 Å². The van der Waals surface area contributed by atoms with Crippen molar-refractivity contribution in [3.63, 3.8) is 0 Å². The molecule has 1 aliphatic rings. The molecule has 4 unspecified atom stereocenters. The Morgan fingerprint density at radius 2 is 0.538 bits per heavy atom. The first kappa shape index (κ1) is 29.6. The first-order chi connectivity index (χ1) is 19.4. The van der Waals surface area contributed by atoms with E-state index in [4.69, 9.17) is 0 Å². The van der Waals surface area contributed by atoms with Crippen molar-refractivity contribution in [2.75, 3.05) is 0 Å². The topological polar surface area (TPSA) is 0 Å². The summed E-state index contributed by atoms with van der Waals surface area (Å²) < 4.78 is 7.15. The van der Waals surface area contributed by atoms with Gasteiger partial charge >= 0.3 is 253 Å². The average Bonchev–Trinajstić information content (AvgIpc) is 3.02. The summed E-state index contributed by atoms with van der Waals surface area (Å²) in [5.41, 5.74) is 0. The molecule has 0 N–H and O–H groups in total. The normalized spacial score (nSPS) is 23.8. The zero-order valence-electron chi connectivity index (χ0n) is 23.1. The second kappa shape index (κ2) is 16.5. The van der Waals surface area contributed by atoms with Gasteiger partial charge in [0, 0.05) is 0 Å². The molecule has 0 amide bonds. The zero-order chi connectivity index (χ0) is 26.5. The summed E-state index contributed by atoms with van der Waals surface area (Å²) in [4.78, 5) is 0.